The number of hydrogen-bond donors (Lipinski definition) is 1. The molecule has 18 heavy (non-hydrogen) atoms. The van der Waals surface area contributed by atoms with E-state index in [1.165, 1.54) is 19.3 Å². The molecular formula is C15H31NO2. The quantitative estimate of drug-likeness (QED) is 0.761. The Balaban J connectivity index is 2.69. The average molecular weight is 257 g/mol. The molecule has 0 aromatic carbocycles. The molecular weight excluding hydrogens is 226 g/mol. The van der Waals surface area contributed by atoms with Gasteiger partial charge in [-0.3, -0.25) is 4.90 Å². The standard InChI is InChI=1S/C15H31NO2/c1-5-6-13-7-8-14(17)11-15(13)16(12(2)3)9-10-18-4/h12-15,17H,5-11H2,1-4H3. The van der Waals surface area contributed by atoms with Gasteiger partial charge in [0.05, 0.1) is 12.7 Å². The van der Waals surface area contributed by atoms with Crippen LogP contribution >= 0.6 is 0 Å². The molecule has 1 rings (SSSR count). The van der Waals surface area contributed by atoms with Gasteiger partial charge in [0.15, 0.2) is 0 Å². The van der Waals surface area contributed by atoms with Gasteiger partial charge < -0.3 is 9.84 Å². The van der Waals surface area contributed by atoms with Crippen molar-refractivity contribution < 1.29 is 9.84 Å². The molecule has 3 atom stereocenters. The summed E-state index contributed by atoms with van der Waals surface area (Å²) in [5, 5.41) is 9.96. The van der Waals surface area contributed by atoms with Crippen LogP contribution in [0.5, 0.6) is 0 Å². The molecule has 3 nitrogen and oxygen atoms in total. The van der Waals surface area contributed by atoms with Crippen molar-refractivity contribution in [3.8, 4) is 0 Å². The zero-order valence-corrected chi connectivity index (χ0v) is 12.6. The Morgan fingerprint density at radius 2 is 2.06 bits per heavy atom. The first-order valence-corrected chi connectivity index (χ1v) is 7.52. The topological polar surface area (TPSA) is 32.7 Å². The van der Waals surface area contributed by atoms with Crippen molar-refractivity contribution in [1.82, 2.24) is 4.90 Å². The third-order valence-electron chi connectivity index (χ3n) is 4.23. The van der Waals surface area contributed by atoms with E-state index in [-0.39, 0.29) is 6.10 Å². The van der Waals surface area contributed by atoms with Gasteiger partial charge in [-0.25, -0.2) is 0 Å². The van der Waals surface area contributed by atoms with Crippen molar-refractivity contribution in [2.24, 2.45) is 5.92 Å². The first-order chi connectivity index (χ1) is 8.60. The van der Waals surface area contributed by atoms with Crippen molar-refractivity contribution in [2.75, 3.05) is 20.3 Å². The smallest absolute Gasteiger partial charge is 0.0589 e. The fourth-order valence-corrected chi connectivity index (χ4v) is 3.31. The van der Waals surface area contributed by atoms with E-state index in [9.17, 15) is 5.11 Å². The van der Waals surface area contributed by atoms with Gasteiger partial charge in [0.1, 0.15) is 0 Å². The molecule has 3 heteroatoms. The molecule has 108 valence electrons. The summed E-state index contributed by atoms with van der Waals surface area (Å²) in [5.74, 6) is 0.748. The second-order valence-electron chi connectivity index (χ2n) is 5.91. The lowest BCUT2D eigenvalue weighted by Gasteiger charge is -2.43. The van der Waals surface area contributed by atoms with Gasteiger partial charge in [-0.1, -0.05) is 13.3 Å². The van der Waals surface area contributed by atoms with Crippen LogP contribution in [-0.2, 0) is 4.74 Å². The maximum atomic E-state index is 9.96. The highest BCUT2D eigenvalue weighted by Crippen LogP contribution is 2.32. The second kappa shape index (κ2) is 8.13. The van der Waals surface area contributed by atoms with Gasteiger partial charge >= 0.3 is 0 Å². The Labute approximate surface area is 113 Å². The van der Waals surface area contributed by atoms with E-state index in [0.29, 0.717) is 12.1 Å². The molecule has 1 aliphatic carbocycles. The third kappa shape index (κ3) is 4.52. The van der Waals surface area contributed by atoms with E-state index in [4.69, 9.17) is 4.74 Å². The number of rotatable bonds is 7. The largest absolute Gasteiger partial charge is 0.393 e. The fourth-order valence-electron chi connectivity index (χ4n) is 3.31. The van der Waals surface area contributed by atoms with Gasteiger partial charge in [0, 0.05) is 25.7 Å². The fraction of sp³-hybridized carbons (Fsp3) is 1.00. The Hall–Kier alpha value is -0.120. The van der Waals surface area contributed by atoms with Crippen LogP contribution in [0.2, 0.25) is 0 Å². The normalized spacial score (nSPS) is 29.2. The summed E-state index contributed by atoms with van der Waals surface area (Å²) < 4.78 is 5.23. The minimum atomic E-state index is -0.105. The SMILES string of the molecule is CCCC1CCC(O)CC1N(CCOC)C(C)C. The molecule has 1 N–H and O–H groups in total. The van der Waals surface area contributed by atoms with Crippen LogP contribution in [0.1, 0.15) is 52.9 Å². The Kier molecular flexibility index (Phi) is 7.20. The van der Waals surface area contributed by atoms with Crippen molar-refractivity contribution in [3.63, 3.8) is 0 Å². The highest BCUT2D eigenvalue weighted by atomic mass is 16.5. The first-order valence-electron chi connectivity index (χ1n) is 7.52. The summed E-state index contributed by atoms with van der Waals surface area (Å²) in [7, 11) is 1.76. The van der Waals surface area contributed by atoms with Crippen LogP contribution in [0.3, 0.4) is 0 Å². The maximum Gasteiger partial charge on any atom is 0.0589 e. The number of hydrogen-bond acceptors (Lipinski definition) is 3. The Morgan fingerprint density at radius 1 is 1.33 bits per heavy atom. The van der Waals surface area contributed by atoms with Gasteiger partial charge in [0.25, 0.3) is 0 Å². The predicted molar refractivity (Wildman–Crippen MR) is 75.8 cm³/mol. The highest BCUT2D eigenvalue weighted by Gasteiger charge is 2.33. The number of ether oxygens (including phenoxy) is 1. The molecule has 0 bridgehead atoms. The molecule has 0 amide bonds. The molecule has 3 unspecified atom stereocenters. The first kappa shape index (κ1) is 15.9. The van der Waals surface area contributed by atoms with Crippen molar-refractivity contribution in [2.45, 2.75) is 71.1 Å². The molecule has 1 fully saturated rings. The molecule has 0 aromatic rings. The molecule has 1 aliphatic rings. The van der Waals surface area contributed by atoms with Crippen LogP contribution in [-0.4, -0.2) is 48.5 Å². The zero-order chi connectivity index (χ0) is 13.5. The Bertz CT molecular complexity index is 221. The van der Waals surface area contributed by atoms with Gasteiger partial charge in [-0.15, -0.1) is 0 Å². The van der Waals surface area contributed by atoms with E-state index in [1.807, 2.05) is 0 Å². The monoisotopic (exact) mass is 257 g/mol. The molecule has 0 radical (unpaired) electrons. The lowest BCUT2D eigenvalue weighted by molar-refractivity contribution is -0.000597. The lowest BCUT2D eigenvalue weighted by atomic mass is 9.79. The summed E-state index contributed by atoms with van der Waals surface area (Å²) >= 11 is 0. The number of aliphatic hydroxyl groups excluding tert-OH is 1. The predicted octanol–water partition coefficient (Wildman–Crippen LogP) is 2.67. The number of methoxy groups -OCH3 is 1. The van der Waals surface area contributed by atoms with E-state index in [2.05, 4.69) is 25.7 Å². The van der Waals surface area contributed by atoms with Crippen LogP contribution in [0, 0.1) is 5.92 Å². The summed E-state index contributed by atoms with van der Waals surface area (Å²) in [5.41, 5.74) is 0. The molecule has 0 aliphatic heterocycles. The van der Waals surface area contributed by atoms with E-state index in [1.54, 1.807) is 7.11 Å². The highest BCUT2D eigenvalue weighted by molar-refractivity contribution is 4.88. The summed E-state index contributed by atoms with van der Waals surface area (Å²) in [6.07, 6.45) is 5.52. The minimum absolute atomic E-state index is 0.105. The summed E-state index contributed by atoms with van der Waals surface area (Å²) in [6, 6.07) is 1.05. The number of nitrogens with zero attached hydrogens (tertiary/aromatic N) is 1. The lowest BCUT2D eigenvalue weighted by Crippen LogP contribution is -2.50. The van der Waals surface area contributed by atoms with Gasteiger partial charge in [-0.2, -0.15) is 0 Å². The zero-order valence-electron chi connectivity index (χ0n) is 12.6. The molecule has 0 aromatic heterocycles. The average Bonchev–Trinajstić information content (AvgIpc) is 2.32. The van der Waals surface area contributed by atoms with E-state index >= 15 is 0 Å². The van der Waals surface area contributed by atoms with Crippen molar-refractivity contribution in [1.29, 1.82) is 0 Å². The van der Waals surface area contributed by atoms with E-state index < -0.39 is 0 Å². The summed E-state index contributed by atoms with van der Waals surface area (Å²) in [6.45, 7) is 8.52. The van der Waals surface area contributed by atoms with E-state index in [0.717, 1.165) is 31.9 Å². The molecule has 0 saturated heterocycles. The van der Waals surface area contributed by atoms with Crippen LogP contribution < -0.4 is 0 Å². The Morgan fingerprint density at radius 3 is 2.61 bits per heavy atom. The van der Waals surface area contributed by atoms with Crippen LogP contribution in [0.4, 0.5) is 0 Å². The van der Waals surface area contributed by atoms with Gasteiger partial charge in [-0.05, 0) is 45.4 Å². The third-order valence-corrected chi connectivity index (χ3v) is 4.23. The summed E-state index contributed by atoms with van der Waals surface area (Å²) in [4.78, 5) is 2.53. The molecule has 0 heterocycles. The maximum absolute atomic E-state index is 9.96. The van der Waals surface area contributed by atoms with Crippen LogP contribution in [0.25, 0.3) is 0 Å². The van der Waals surface area contributed by atoms with Gasteiger partial charge in [0.2, 0.25) is 0 Å². The van der Waals surface area contributed by atoms with Crippen LogP contribution in [0.15, 0.2) is 0 Å². The van der Waals surface area contributed by atoms with Crippen molar-refractivity contribution in [3.05, 3.63) is 0 Å². The van der Waals surface area contributed by atoms with Crippen molar-refractivity contribution >= 4 is 0 Å². The number of aliphatic hydroxyl groups is 1. The second-order valence-corrected chi connectivity index (χ2v) is 5.91. The molecule has 1 saturated carbocycles. The minimum Gasteiger partial charge on any atom is -0.393 e. The molecule has 0 spiro atoms.